The van der Waals surface area contributed by atoms with Crippen LogP contribution in [0, 0.1) is 13.8 Å². The van der Waals surface area contributed by atoms with Crippen LogP contribution in [0.25, 0.3) is 0 Å². The van der Waals surface area contributed by atoms with Gasteiger partial charge in [0.25, 0.3) is 0 Å². The van der Waals surface area contributed by atoms with Crippen LogP contribution in [0.2, 0.25) is 0 Å². The van der Waals surface area contributed by atoms with Gasteiger partial charge in [-0.3, -0.25) is 19.2 Å². The Bertz CT molecular complexity index is 935. The van der Waals surface area contributed by atoms with Crippen molar-refractivity contribution in [3.8, 4) is 0 Å². The van der Waals surface area contributed by atoms with Gasteiger partial charge in [0.2, 0.25) is 17.7 Å². The third kappa shape index (κ3) is 8.91. The first-order chi connectivity index (χ1) is 16.2. The Kier molecular flexibility index (Phi) is 10.7. The molecule has 0 saturated carbocycles. The zero-order valence-electron chi connectivity index (χ0n) is 21.4. The van der Waals surface area contributed by atoms with Gasteiger partial charge in [0.15, 0.2) is 0 Å². The molecule has 1 aromatic carbocycles. The molecule has 0 aliphatic carbocycles. The average molecular weight is 493 g/mol. The number of carbonyl (C=O) groups excluding carboxylic acids is 5. The van der Waals surface area contributed by atoms with Gasteiger partial charge in [0, 0.05) is 6.54 Å². The first kappa shape index (κ1) is 29.4. The molecule has 0 spiro atoms. The molecule has 2 atom stereocenters. The van der Waals surface area contributed by atoms with Crippen LogP contribution in [0.4, 0.5) is 4.79 Å². The summed E-state index contributed by atoms with van der Waals surface area (Å²) in [5.74, 6) is -2.82. The molecule has 0 bridgehead atoms. The van der Waals surface area contributed by atoms with Gasteiger partial charge in [0.05, 0.1) is 13.5 Å². The van der Waals surface area contributed by atoms with E-state index in [2.05, 4.69) is 15.4 Å². The summed E-state index contributed by atoms with van der Waals surface area (Å²) >= 11 is 0. The highest BCUT2D eigenvalue weighted by Crippen LogP contribution is 2.28. The van der Waals surface area contributed by atoms with E-state index in [4.69, 9.17) is 10.5 Å². The molecule has 0 saturated heterocycles. The maximum atomic E-state index is 13.6. The fraction of sp³-hybridized carbons (Fsp3) is 0.542. The van der Waals surface area contributed by atoms with Gasteiger partial charge in [-0.15, -0.1) is 0 Å². The molecule has 1 aromatic rings. The van der Waals surface area contributed by atoms with Crippen LogP contribution >= 0.6 is 0 Å². The van der Waals surface area contributed by atoms with Gasteiger partial charge in [0.1, 0.15) is 24.2 Å². The molecule has 1 rings (SSSR count). The van der Waals surface area contributed by atoms with E-state index in [1.165, 1.54) is 12.0 Å². The molecule has 0 aliphatic rings. The van der Waals surface area contributed by atoms with Crippen molar-refractivity contribution >= 4 is 29.8 Å². The van der Waals surface area contributed by atoms with Crippen LogP contribution < -0.4 is 16.4 Å². The lowest BCUT2D eigenvalue weighted by molar-refractivity contribution is -0.145. The minimum Gasteiger partial charge on any atom is -0.468 e. The Morgan fingerprint density at radius 2 is 1.66 bits per heavy atom. The number of primary amides is 1. The number of nitrogens with two attached hydrogens (primary N) is 1. The molecular formula is C24H36N4O7. The quantitative estimate of drug-likeness (QED) is 0.415. The van der Waals surface area contributed by atoms with Crippen molar-refractivity contribution in [2.45, 2.75) is 65.6 Å². The lowest BCUT2D eigenvalue weighted by Gasteiger charge is -2.34. The number of hydrogen-bond donors (Lipinski definition) is 3. The molecule has 4 amide bonds. The fourth-order valence-corrected chi connectivity index (χ4v) is 3.53. The Labute approximate surface area is 205 Å². The Morgan fingerprint density at radius 3 is 2.11 bits per heavy atom. The Balaban J connectivity index is 3.46. The zero-order chi connectivity index (χ0) is 26.9. The van der Waals surface area contributed by atoms with Crippen molar-refractivity contribution in [1.29, 1.82) is 0 Å². The standard InChI is InChI=1S/C24H36N4O7/c1-8-28(22(32)16(12-17(25)29)27-23(33)35-24(4,5)6)20(21(31)26-13-18(30)34-7)19-14(2)10-9-11-15(19)3/h9-11,16,20H,8,12-13H2,1-7H3,(H2,25,29)(H,26,31)(H,27,33). The van der Waals surface area contributed by atoms with Crippen molar-refractivity contribution in [2.75, 3.05) is 20.2 Å². The van der Waals surface area contributed by atoms with Crippen LogP contribution in [-0.2, 0) is 28.7 Å². The molecule has 2 unspecified atom stereocenters. The molecule has 194 valence electrons. The van der Waals surface area contributed by atoms with Crippen molar-refractivity contribution < 1.29 is 33.4 Å². The first-order valence-electron chi connectivity index (χ1n) is 11.2. The minimum absolute atomic E-state index is 0.0498. The molecule has 0 heterocycles. The van der Waals surface area contributed by atoms with Gasteiger partial charge in [-0.05, 0) is 58.2 Å². The van der Waals surface area contributed by atoms with Gasteiger partial charge < -0.3 is 30.7 Å². The summed E-state index contributed by atoms with van der Waals surface area (Å²) in [5.41, 5.74) is 6.52. The smallest absolute Gasteiger partial charge is 0.408 e. The van der Waals surface area contributed by atoms with E-state index < -0.39 is 60.4 Å². The van der Waals surface area contributed by atoms with Crippen molar-refractivity contribution in [3.63, 3.8) is 0 Å². The lowest BCUT2D eigenvalue weighted by Crippen LogP contribution is -2.54. The van der Waals surface area contributed by atoms with Crippen LogP contribution in [0.15, 0.2) is 18.2 Å². The molecule has 0 radical (unpaired) electrons. The van der Waals surface area contributed by atoms with Crippen LogP contribution in [0.1, 0.15) is 56.8 Å². The SMILES string of the molecule is CCN(C(=O)C(CC(N)=O)NC(=O)OC(C)(C)C)C(C(=O)NCC(=O)OC)c1c(C)cccc1C. The summed E-state index contributed by atoms with van der Waals surface area (Å²) in [6, 6.07) is 2.87. The molecule has 11 nitrogen and oxygen atoms in total. The van der Waals surface area contributed by atoms with Crippen LogP contribution in [-0.4, -0.2) is 66.5 Å². The van der Waals surface area contributed by atoms with E-state index in [9.17, 15) is 24.0 Å². The number of hydrogen-bond acceptors (Lipinski definition) is 7. The van der Waals surface area contributed by atoms with Crippen molar-refractivity contribution in [2.24, 2.45) is 5.73 Å². The number of benzene rings is 1. The largest absolute Gasteiger partial charge is 0.468 e. The van der Waals surface area contributed by atoms with Crippen molar-refractivity contribution in [3.05, 3.63) is 34.9 Å². The monoisotopic (exact) mass is 492 g/mol. The number of aryl methyl sites for hydroxylation is 2. The van der Waals surface area contributed by atoms with Crippen LogP contribution in [0.3, 0.4) is 0 Å². The number of nitrogens with zero attached hydrogens (tertiary/aromatic N) is 1. The number of esters is 1. The van der Waals surface area contributed by atoms with E-state index in [1.807, 2.05) is 6.07 Å². The molecule has 0 fully saturated rings. The van der Waals surface area contributed by atoms with Gasteiger partial charge in [-0.1, -0.05) is 18.2 Å². The highest BCUT2D eigenvalue weighted by molar-refractivity contribution is 5.95. The Morgan fingerprint density at radius 1 is 1.09 bits per heavy atom. The second-order valence-corrected chi connectivity index (χ2v) is 9.00. The van der Waals surface area contributed by atoms with E-state index >= 15 is 0 Å². The number of alkyl carbamates (subject to hydrolysis) is 1. The first-order valence-corrected chi connectivity index (χ1v) is 11.2. The highest BCUT2D eigenvalue weighted by atomic mass is 16.6. The number of ether oxygens (including phenoxy) is 2. The van der Waals surface area contributed by atoms with E-state index in [0.29, 0.717) is 5.56 Å². The normalized spacial score (nSPS) is 12.7. The van der Waals surface area contributed by atoms with Gasteiger partial charge in [-0.25, -0.2) is 4.79 Å². The topological polar surface area (TPSA) is 157 Å². The number of amides is 4. The number of methoxy groups -OCH3 is 1. The summed E-state index contributed by atoms with van der Waals surface area (Å²) in [6.07, 6.45) is -1.41. The maximum absolute atomic E-state index is 13.6. The number of nitrogens with one attached hydrogen (secondary N) is 2. The van der Waals surface area contributed by atoms with Gasteiger partial charge >= 0.3 is 12.1 Å². The van der Waals surface area contributed by atoms with E-state index in [-0.39, 0.29) is 6.54 Å². The predicted octanol–water partition coefficient (Wildman–Crippen LogP) is 1.25. The summed E-state index contributed by atoms with van der Waals surface area (Å²) in [4.78, 5) is 63.9. The third-order valence-electron chi connectivity index (χ3n) is 5.03. The molecule has 35 heavy (non-hydrogen) atoms. The number of rotatable bonds is 10. The maximum Gasteiger partial charge on any atom is 0.408 e. The summed E-state index contributed by atoms with van der Waals surface area (Å²) in [6.45, 7) is 9.84. The molecule has 11 heteroatoms. The fourth-order valence-electron chi connectivity index (χ4n) is 3.53. The van der Waals surface area contributed by atoms with Crippen LogP contribution in [0.5, 0.6) is 0 Å². The summed E-state index contributed by atoms with van der Waals surface area (Å²) < 4.78 is 9.80. The number of carbonyl (C=O) groups is 5. The average Bonchev–Trinajstić information content (AvgIpc) is 2.74. The molecule has 0 aliphatic heterocycles. The zero-order valence-corrected chi connectivity index (χ0v) is 21.4. The molecular weight excluding hydrogens is 456 g/mol. The summed E-state index contributed by atoms with van der Waals surface area (Å²) in [7, 11) is 1.19. The minimum atomic E-state index is -1.37. The molecule has 0 aromatic heterocycles. The Hall–Kier alpha value is -3.63. The lowest BCUT2D eigenvalue weighted by atomic mass is 9.93. The highest BCUT2D eigenvalue weighted by Gasteiger charge is 2.37. The van der Waals surface area contributed by atoms with Gasteiger partial charge in [-0.2, -0.15) is 0 Å². The molecule has 4 N–H and O–H groups in total. The second kappa shape index (κ2) is 12.7. The van der Waals surface area contributed by atoms with Crippen molar-refractivity contribution in [1.82, 2.24) is 15.5 Å². The van der Waals surface area contributed by atoms with E-state index in [0.717, 1.165) is 11.1 Å². The number of likely N-dealkylation sites (N-methyl/N-ethyl adjacent to an activating group) is 1. The predicted molar refractivity (Wildman–Crippen MR) is 128 cm³/mol. The second-order valence-electron chi connectivity index (χ2n) is 9.00. The van der Waals surface area contributed by atoms with E-state index in [1.54, 1.807) is 53.7 Å². The summed E-state index contributed by atoms with van der Waals surface area (Å²) in [5, 5.41) is 4.89. The third-order valence-corrected chi connectivity index (χ3v) is 5.03.